The Morgan fingerprint density at radius 2 is 2.00 bits per heavy atom. The maximum atomic E-state index is 13.2. The minimum Gasteiger partial charge on any atom is -0.357 e. The number of hydrogen-bond donors (Lipinski definition) is 1. The molecule has 3 aliphatic rings. The molecule has 11 heteroatoms. The number of carbonyl (C=O) groups is 4. The molecule has 1 fully saturated rings. The van der Waals surface area contributed by atoms with E-state index in [2.05, 4.69) is 20.4 Å². The fourth-order valence-corrected chi connectivity index (χ4v) is 4.14. The molecule has 0 saturated carbocycles. The molecular formula is C20H18N6O5. The van der Waals surface area contributed by atoms with Crippen molar-refractivity contribution in [3.8, 4) is 11.5 Å². The summed E-state index contributed by atoms with van der Waals surface area (Å²) in [5.41, 5.74) is 1.20. The van der Waals surface area contributed by atoms with Crippen LogP contribution in [0.25, 0.3) is 11.5 Å². The monoisotopic (exact) mass is 422 g/mol. The molecular weight excluding hydrogens is 404 g/mol. The van der Waals surface area contributed by atoms with Crippen LogP contribution >= 0.6 is 0 Å². The third-order valence-corrected chi connectivity index (χ3v) is 5.57. The first-order valence-corrected chi connectivity index (χ1v) is 9.96. The van der Waals surface area contributed by atoms with Crippen molar-refractivity contribution in [1.29, 1.82) is 0 Å². The third kappa shape index (κ3) is 3.27. The van der Waals surface area contributed by atoms with Crippen LogP contribution in [-0.4, -0.2) is 61.1 Å². The zero-order chi connectivity index (χ0) is 21.5. The van der Waals surface area contributed by atoms with Crippen molar-refractivity contribution < 1.29 is 23.7 Å². The van der Waals surface area contributed by atoms with Crippen molar-refractivity contribution in [2.24, 2.45) is 0 Å². The Hall–Kier alpha value is -3.89. The molecule has 1 unspecified atom stereocenters. The minimum absolute atomic E-state index is 0.0835. The summed E-state index contributed by atoms with van der Waals surface area (Å²) in [5, 5.41) is 6.14. The zero-order valence-corrected chi connectivity index (χ0v) is 16.4. The average Bonchev–Trinajstić information content (AvgIpc) is 3.33. The molecule has 4 amide bonds. The highest BCUT2D eigenvalue weighted by molar-refractivity contribution is 6.21. The number of amides is 4. The fraction of sp³-hybridized carbons (Fsp3) is 0.350. The maximum Gasteiger partial charge on any atom is 0.278 e. The van der Waals surface area contributed by atoms with Gasteiger partial charge in [0.2, 0.25) is 23.5 Å². The Bertz CT molecular complexity index is 1120. The molecule has 3 aliphatic heterocycles. The highest BCUT2D eigenvalue weighted by Gasteiger charge is 2.48. The van der Waals surface area contributed by atoms with Gasteiger partial charge in [0, 0.05) is 24.7 Å². The van der Waals surface area contributed by atoms with Gasteiger partial charge in [-0.1, -0.05) is 11.2 Å². The lowest BCUT2D eigenvalue weighted by Crippen LogP contribution is -2.55. The normalized spacial score (nSPS) is 21.6. The molecule has 5 heterocycles. The third-order valence-electron chi connectivity index (χ3n) is 5.57. The predicted octanol–water partition coefficient (Wildman–Crippen LogP) is 0.156. The highest BCUT2D eigenvalue weighted by Crippen LogP contribution is 2.34. The topological polar surface area (TPSA) is 139 Å². The molecule has 1 saturated heterocycles. The van der Waals surface area contributed by atoms with Gasteiger partial charge in [0.05, 0.1) is 6.54 Å². The van der Waals surface area contributed by atoms with Crippen LogP contribution in [0, 0.1) is 0 Å². The first-order valence-electron chi connectivity index (χ1n) is 9.96. The quantitative estimate of drug-likeness (QED) is 0.682. The van der Waals surface area contributed by atoms with Crippen molar-refractivity contribution in [1.82, 2.24) is 30.2 Å². The Labute approximate surface area is 176 Å². The van der Waals surface area contributed by atoms with Gasteiger partial charge in [-0.3, -0.25) is 34.4 Å². The van der Waals surface area contributed by atoms with E-state index in [4.69, 9.17) is 4.52 Å². The number of pyridine rings is 1. The zero-order valence-electron chi connectivity index (χ0n) is 16.4. The van der Waals surface area contributed by atoms with Crippen molar-refractivity contribution in [3.05, 3.63) is 41.6 Å². The number of nitrogens with zero attached hydrogens (tertiary/aromatic N) is 5. The van der Waals surface area contributed by atoms with E-state index in [9.17, 15) is 19.2 Å². The van der Waals surface area contributed by atoms with E-state index in [1.807, 2.05) is 6.07 Å². The van der Waals surface area contributed by atoms with Gasteiger partial charge in [-0.05, 0) is 31.4 Å². The standard InChI is InChI=1S/C20H18N6O5/c27-14-7-6-13(18(28)22-14)26-19(29)11-4-3-9-25(16(11)20(26)30)10-15-23-17(24-31-15)12-5-1-2-8-21-12/h1-2,5,8,13H,3-4,6-7,9-10H2,(H,22,27,28). The first-order chi connectivity index (χ1) is 15.0. The van der Waals surface area contributed by atoms with Crippen molar-refractivity contribution in [2.75, 3.05) is 6.54 Å². The summed E-state index contributed by atoms with van der Waals surface area (Å²) in [4.78, 5) is 61.1. The summed E-state index contributed by atoms with van der Waals surface area (Å²) in [7, 11) is 0. The maximum absolute atomic E-state index is 13.2. The largest absolute Gasteiger partial charge is 0.357 e. The molecule has 11 nitrogen and oxygen atoms in total. The molecule has 2 aromatic heterocycles. The van der Waals surface area contributed by atoms with Gasteiger partial charge in [-0.25, -0.2) is 0 Å². The summed E-state index contributed by atoms with van der Waals surface area (Å²) in [6.45, 7) is 0.684. The lowest BCUT2D eigenvalue weighted by Gasteiger charge is -2.29. The number of piperidine rings is 1. The van der Waals surface area contributed by atoms with Crippen LogP contribution in [0.15, 0.2) is 40.2 Å². The Morgan fingerprint density at radius 3 is 2.77 bits per heavy atom. The van der Waals surface area contributed by atoms with E-state index in [1.165, 1.54) is 0 Å². The number of rotatable bonds is 4. The molecule has 0 radical (unpaired) electrons. The van der Waals surface area contributed by atoms with E-state index in [-0.39, 0.29) is 31.0 Å². The van der Waals surface area contributed by atoms with Gasteiger partial charge in [0.1, 0.15) is 17.4 Å². The van der Waals surface area contributed by atoms with Crippen LogP contribution < -0.4 is 5.32 Å². The van der Waals surface area contributed by atoms with E-state index < -0.39 is 29.7 Å². The van der Waals surface area contributed by atoms with Crippen LogP contribution in [-0.2, 0) is 25.7 Å². The molecule has 5 rings (SSSR count). The molecule has 0 aromatic carbocycles. The fourth-order valence-electron chi connectivity index (χ4n) is 4.14. The molecule has 31 heavy (non-hydrogen) atoms. The average molecular weight is 422 g/mol. The Kier molecular flexibility index (Phi) is 4.57. The second kappa shape index (κ2) is 7.42. The lowest BCUT2D eigenvalue weighted by atomic mass is 10.0. The second-order valence-electron chi connectivity index (χ2n) is 7.53. The summed E-state index contributed by atoms with van der Waals surface area (Å²) >= 11 is 0. The molecule has 1 atom stereocenters. The van der Waals surface area contributed by atoms with Crippen molar-refractivity contribution in [3.63, 3.8) is 0 Å². The highest BCUT2D eigenvalue weighted by atomic mass is 16.5. The van der Waals surface area contributed by atoms with Crippen molar-refractivity contribution in [2.45, 2.75) is 38.3 Å². The van der Waals surface area contributed by atoms with Crippen LogP contribution in [0.5, 0.6) is 0 Å². The summed E-state index contributed by atoms with van der Waals surface area (Å²) in [6, 6.07) is 4.37. The van der Waals surface area contributed by atoms with Gasteiger partial charge in [0.15, 0.2) is 0 Å². The molecule has 0 bridgehead atoms. The summed E-state index contributed by atoms with van der Waals surface area (Å²) in [5.74, 6) is -1.41. The number of aromatic nitrogens is 3. The second-order valence-corrected chi connectivity index (χ2v) is 7.53. The van der Waals surface area contributed by atoms with Gasteiger partial charge in [-0.2, -0.15) is 4.98 Å². The van der Waals surface area contributed by atoms with E-state index in [0.29, 0.717) is 36.5 Å². The number of hydrogen-bond acceptors (Lipinski definition) is 9. The summed E-state index contributed by atoms with van der Waals surface area (Å²) in [6.07, 6.45) is 2.95. The van der Waals surface area contributed by atoms with Crippen molar-refractivity contribution >= 4 is 23.6 Å². The SMILES string of the molecule is O=C1CCC(N2C(=O)C3=C(C2=O)N(Cc2nc(-c4ccccn4)no2)CCC3)C(=O)N1. The molecule has 1 N–H and O–H groups in total. The van der Waals surface area contributed by atoms with E-state index in [1.54, 1.807) is 23.2 Å². The molecule has 158 valence electrons. The van der Waals surface area contributed by atoms with Gasteiger partial charge in [0.25, 0.3) is 11.8 Å². The minimum atomic E-state index is -0.982. The van der Waals surface area contributed by atoms with Crippen LogP contribution in [0.4, 0.5) is 0 Å². The predicted molar refractivity (Wildman–Crippen MR) is 102 cm³/mol. The summed E-state index contributed by atoms with van der Waals surface area (Å²) < 4.78 is 5.33. The van der Waals surface area contributed by atoms with Gasteiger partial charge >= 0.3 is 0 Å². The number of carbonyl (C=O) groups excluding carboxylic acids is 4. The van der Waals surface area contributed by atoms with E-state index >= 15 is 0 Å². The van der Waals surface area contributed by atoms with Crippen LogP contribution in [0.1, 0.15) is 31.6 Å². The Morgan fingerprint density at radius 1 is 1.13 bits per heavy atom. The van der Waals surface area contributed by atoms with Crippen LogP contribution in [0.3, 0.4) is 0 Å². The molecule has 2 aromatic rings. The lowest BCUT2D eigenvalue weighted by molar-refractivity contribution is -0.150. The molecule has 0 spiro atoms. The van der Waals surface area contributed by atoms with E-state index in [0.717, 1.165) is 4.90 Å². The number of nitrogens with one attached hydrogen (secondary N) is 1. The van der Waals surface area contributed by atoms with Gasteiger partial charge < -0.3 is 9.42 Å². The Balaban J connectivity index is 1.38. The first kappa shape index (κ1) is 19.1. The van der Waals surface area contributed by atoms with Gasteiger partial charge in [-0.15, -0.1) is 0 Å². The molecule has 0 aliphatic carbocycles. The smallest absolute Gasteiger partial charge is 0.278 e. The van der Waals surface area contributed by atoms with Crippen LogP contribution in [0.2, 0.25) is 0 Å². The number of imide groups is 2.